The minimum Gasteiger partial charge on any atom is -0.494 e. The average Bonchev–Trinajstić information content (AvgIpc) is 3.06. The van der Waals surface area contributed by atoms with Gasteiger partial charge in [-0.2, -0.15) is 5.10 Å². The van der Waals surface area contributed by atoms with E-state index in [0.29, 0.717) is 5.92 Å². The number of nitrogens with zero attached hydrogens (tertiary/aromatic N) is 2. The fourth-order valence-corrected chi connectivity index (χ4v) is 2.11. The normalized spacial score (nSPS) is 14.5. The third-order valence-corrected chi connectivity index (χ3v) is 3.19. The fourth-order valence-electron chi connectivity index (χ4n) is 1.71. The second kappa shape index (κ2) is 4.08. The van der Waals surface area contributed by atoms with Crippen LogP contribution in [-0.2, 0) is 0 Å². The number of hydrogen-bond acceptors (Lipinski definition) is 2. The summed E-state index contributed by atoms with van der Waals surface area (Å²) in [5, 5.41) is 4.29. The molecule has 0 aromatic carbocycles. The van der Waals surface area contributed by atoms with Gasteiger partial charge in [-0.05, 0) is 34.8 Å². The molecule has 0 radical (unpaired) electrons. The Hall–Kier alpha value is -1.47. The Labute approximate surface area is 108 Å². The quantitative estimate of drug-likeness (QED) is 0.755. The molecule has 17 heavy (non-hydrogen) atoms. The molecule has 0 spiro atoms. The molecule has 2 heterocycles. The molecular weight excluding hydrogens is 280 g/mol. The number of ether oxygens (including phenoxy) is 1. The van der Waals surface area contributed by atoms with Crippen LogP contribution in [0.4, 0.5) is 0 Å². The first kappa shape index (κ1) is 10.7. The van der Waals surface area contributed by atoms with Gasteiger partial charge in [-0.1, -0.05) is 11.8 Å². The van der Waals surface area contributed by atoms with E-state index in [0.717, 1.165) is 21.3 Å². The number of hydrogen-bond donors (Lipinski definition) is 0. The molecule has 0 amide bonds. The van der Waals surface area contributed by atoms with Crippen LogP contribution in [0.1, 0.15) is 18.4 Å². The molecule has 3 rings (SSSR count). The van der Waals surface area contributed by atoms with Crippen molar-refractivity contribution in [2.24, 2.45) is 5.92 Å². The van der Waals surface area contributed by atoms with Crippen molar-refractivity contribution < 1.29 is 4.74 Å². The molecule has 0 unspecified atom stereocenters. The topological polar surface area (TPSA) is 26.5 Å². The number of aromatic nitrogens is 2. The number of pyridine rings is 1. The molecule has 86 valence electrons. The molecule has 1 fully saturated rings. The SMILES string of the molecule is COc1cc(Br)cn2ncc(C#CC3CC3)c12. The van der Waals surface area contributed by atoms with Gasteiger partial charge in [-0.25, -0.2) is 4.52 Å². The van der Waals surface area contributed by atoms with E-state index < -0.39 is 0 Å². The van der Waals surface area contributed by atoms with Crippen molar-refractivity contribution in [2.75, 3.05) is 7.11 Å². The first-order valence-corrected chi connectivity index (χ1v) is 6.29. The van der Waals surface area contributed by atoms with Gasteiger partial charge in [-0.3, -0.25) is 0 Å². The van der Waals surface area contributed by atoms with Gasteiger partial charge in [0.15, 0.2) is 0 Å². The Morgan fingerprint density at radius 2 is 2.35 bits per heavy atom. The molecule has 0 bridgehead atoms. The molecular formula is C13H11BrN2O. The summed E-state index contributed by atoms with van der Waals surface area (Å²) in [5.74, 6) is 7.82. The summed E-state index contributed by atoms with van der Waals surface area (Å²) < 4.78 is 8.10. The van der Waals surface area contributed by atoms with Gasteiger partial charge in [0.05, 0.1) is 18.9 Å². The molecule has 2 aromatic rings. The van der Waals surface area contributed by atoms with Crippen molar-refractivity contribution in [3.8, 4) is 17.6 Å². The van der Waals surface area contributed by atoms with E-state index >= 15 is 0 Å². The van der Waals surface area contributed by atoms with E-state index in [4.69, 9.17) is 4.74 Å². The molecule has 0 saturated heterocycles. The Kier molecular flexibility index (Phi) is 2.56. The van der Waals surface area contributed by atoms with E-state index in [9.17, 15) is 0 Å². The smallest absolute Gasteiger partial charge is 0.147 e. The Morgan fingerprint density at radius 1 is 1.53 bits per heavy atom. The highest BCUT2D eigenvalue weighted by Crippen LogP contribution is 2.29. The molecule has 2 aromatic heterocycles. The first-order chi connectivity index (χ1) is 8.28. The molecule has 4 heteroatoms. The number of methoxy groups -OCH3 is 1. The molecule has 1 saturated carbocycles. The summed E-state index contributed by atoms with van der Waals surface area (Å²) in [6.07, 6.45) is 6.16. The van der Waals surface area contributed by atoms with Crippen LogP contribution in [0, 0.1) is 17.8 Å². The highest BCUT2D eigenvalue weighted by Gasteiger charge is 2.18. The highest BCUT2D eigenvalue weighted by molar-refractivity contribution is 9.10. The van der Waals surface area contributed by atoms with Gasteiger partial charge in [0.1, 0.15) is 11.3 Å². The molecule has 0 aliphatic heterocycles. The monoisotopic (exact) mass is 290 g/mol. The number of halogens is 1. The second-order valence-corrected chi connectivity index (χ2v) is 5.04. The lowest BCUT2D eigenvalue weighted by Crippen LogP contribution is -1.92. The van der Waals surface area contributed by atoms with Gasteiger partial charge in [0.2, 0.25) is 0 Å². The average molecular weight is 291 g/mol. The third kappa shape index (κ3) is 2.03. The van der Waals surface area contributed by atoms with Crippen LogP contribution in [0.5, 0.6) is 5.75 Å². The van der Waals surface area contributed by atoms with Crippen molar-refractivity contribution >= 4 is 21.4 Å². The molecule has 0 N–H and O–H groups in total. The molecule has 3 nitrogen and oxygen atoms in total. The zero-order valence-corrected chi connectivity index (χ0v) is 11.0. The van der Waals surface area contributed by atoms with Gasteiger partial charge in [0.25, 0.3) is 0 Å². The Bertz CT molecular complexity index is 632. The lowest BCUT2D eigenvalue weighted by atomic mass is 10.2. The lowest BCUT2D eigenvalue weighted by molar-refractivity contribution is 0.417. The van der Waals surface area contributed by atoms with Crippen LogP contribution in [0.15, 0.2) is 22.9 Å². The Morgan fingerprint density at radius 3 is 3.06 bits per heavy atom. The van der Waals surface area contributed by atoms with Crippen molar-refractivity contribution in [3.05, 3.63) is 28.5 Å². The van der Waals surface area contributed by atoms with Crippen LogP contribution in [-0.4, -0.2) is 16.7 Å². The second-order valence-electron chi connectivity index (χ2n) is 4.12. The predicted molar refractivity (Wildman–Crippen MR) is 69.0 cm³/mol. The van der Waals surface area contributed by atoms with Gasteiger partial charge >= 0.3 is 0 Å². The van der Waals surface area contributed by atoms with Crippen molar-refractivity contribution in [2.45, 2.75) is 12.8 Å². The van der Waals surface area contributed by atoms with Crippen LogP contribution < -0.4 is 4.74 Å². The van der Waals surface area contributed by atoms with Crippen molar-refractivity contribution in [1.82, 2.24) is 9.61 Å². The van der Waals surface area contributed by atoms with Gasteiger partial charge in [0, 0.05) is 16.6 Å². The van der Waals surface area contributed by atoms with E-state index in [-0.39, 0.29) is 0 Å². The zero-order valence-electron chi connectivity index (χ0n) is 9.40. The standard InChI is InChI=1S/C13H11BrN2O/c1-17-12-6-11(14)8-16-13(12)10(7-15-16)5-4-9-2-3-9/h6-9H,2-3H2,1H3. The maximum Gasteiger partial charge on any atom is 0.147 e. The summed E-state index contributed by atoms with van der Waals surface area (Å²) in [5.41, 5.74) is 1.87. The van der Waals surface area contributed by atoms with E-state index in [1.165, 1.54) is 12.8 Å². The van der Waals surface area contributed by atoms with E-state index in [1.54, 1.807) is 17.8 Å². The zero-order chi connectivity index (χ0) is 11.8. The van der Waals surface area contributed by atoms with E-state index in [2.05, 4.69) is 32.9 Å². The largest absolute Gasteiger partial charge is 0.494 e. The molecule has 1 aliphatic rings. The van der Waals surface area contributed by atoms with Crippen LogP contribution in [0.3, 0.4) is 0 Å². The predicted octanol–water partition coefficient (Wildman–Crippen LogP) is 2.87. The molecule has 1 aliphatic carbocycles. The van der Waals surface area contributed by atoms with Crippen molar-refractivity contribution in [1.29, 1.82) is 0 Å². The minimum atomic E-state index is 0.589. The van der Waals surface area contributed by atoms with Gasteiger partial charge < -0.3 is 4.74 Å². The summed E-state index contributed by atoms with van der Waals surface area (Å²) in [6.45, 7) is 0. The van der Waals surface area contributed by atoms with Crippen molar-refractivity contribution in [3.63, 3.8) is 0 Å². The van der Waals surface area contributed by atoms with E-state index in [1.807, 2.05) is 12.3 Å². The number of fused-ring (bicyclic) bond motifs is 1. The molecule has 0 atom stereocenters. The summed E-state index contributed by atoms with van der Waals surface area (Å²) in [6, 6.07) is 1.93. The first-order valence-electron chi connectivity index (χ1n) is 5.50. The Balaban J connectivity index is 2.16. The summed E-state index contributed by atoms with van der Waals surface area (Å²) in [7, 11) is 1.66. The van der Waals surface area contributed by atoms with Crippen LogP contribution in [0.2, 0.25) is 0 Å². The third-order valence-electron chi connectivity index (χ3n) is 2.75. The number of rotatable bonds is 1. The maximum atomic E-state index is 5.37. The maximum absolute atomic E-state index is 5.37. The lowest BCUT2D eigenvalue weighted by Gasteiger charge is -2.03. The van der Waals surface area contributed by atoms with Crippen LogP contribution >= 0.6 is 15.9 Å². The highest BCUT2D eigenvalue weighted by atomic mass is 79.9. The van der Waals surface area contributed by atoms with Gasteiger partial charge in [-0.15, -0.1) is 0 Å². The fraction of sp³-hybridized carbons (Fsp3) is 0.308. The summed E-state index contributed by atoms with van der Waals surface area (Å²) in [4.78, 5) is 0. The minimum absolute atomic E-state index is 0.589. The van der Waals surface area contributed by atoms with Crippen LogP contribution in [0.25, 0.3) is 5.52 Å². The summed E-state index contributed by atoms with van der Waals surface area (Å²) >= 11 is 3.43.